The molecular weight excluding hydrogens is 162 g/mol. The zero-order chi connectivity index (χ0) is 9.10. The summed E-state index contributed by atoms with van der Waals surface area (Å²) in [6, 6.07) is 8.29. The molecule has 1 saturated heterocycles. The second-order valence-electron chi connectivity index (χ2n) is 3.08. The first-order valence-electron chi connectivity index (χ1n) is 4.34. The van der Waals surface area contributed by atoms with E-state index in [1.807, 2.05) is 18.2 Å². The molecule has 2 rings (SSSR count). The number of hydroxylamine groups is 1. The molecule has 1 unspecified atom stereocenters. The number of nitrogens with one attached hydrogen (secondary N) is 1. The molecule has 0 saturated carbocycles. The van der Waals surface area contributed by atoms with Crippen LogP contribution in [0, 0.1) is 12.3 Å². The van der Waals surface area contributed by atoms with Crippen molar-refractivity contribution in [1.82, 2.24) is 5.48 Å². The molecule has 66 valence electrons. The Balaban J connectivity index is 2.25. The Bertz CT molecular complexity index is 334. The number of benzene rings is 1. The molecule has 2 heteroatoms. The van der Waals surface area contributed by atoms with E-state index < -0.39 is 0 Å². The van der Waals surface area contributed by atoms with E-state index in [1.54, 1.807) is 0 Å². The van der Waals surface area contributed by atoms with Crippen molar-refractivity contribution in [1.29, 1.82) is 0 Å². The Kier molecular flexibility index (Phi) is 2.31. The molecule has 0 aromatic heterocycles. The molecule has 1 heterocycles. The number of hydrogen-bond donors (Lipinski definition) is 1. The predicted molar refractivity (Wildman–Crippen MR) is 50.8 cm³/mol. The topological polar surface area (TPSA) is 21.3 Å². The van der Waals surface area contributed by atoms with Crippen LogP contribution in [-0.4, -0.2) is 6.61 Å². The van der Waals surface area contributed by atoms with Crippen LogP contribution in [-0.2, 0) is 4.84 Å². The van der Waals surface area contributed by atoms with Gasteiger partial charge in [-0.1, -0.05) is 18.1 Å². The van der Waals surface area contributed by atoms with Gasteiger partial charge >= 0.3 is 0 Å². The minimum absolute atomic E-state index is 0.299. The molecule has 0 spiro atoms. The van der Waals surface area contributed by atoms with Crippen molar-refractivity contribution < 1.29 is 4.84 Å². The van der Waals surface area contributed by atoms with Crippen LogP contribution in [0.1, 0.15) is 23.6 Å². The van der Waals surface area contributed by atoms with Gasteiger partial charge in [-0.2, -0.15) is 5.48 Å². The largest absolute Gasteiger partial charge is 0.301 e. The van der Waals surface area contributed by atoms with Crippen LogP contribution < -0.4 is 5.48 Å². The van der Waals surface area contributed by atoms with E-state index >= 15 is 0 Å². The highest BCUT2D eigenvalue weighted by Crippen LogP contribution is 2.21. The fourth-order valence-corrected chi connectivity index (χ4v) is 1.48. The van der Waals surface area contributed by atoms with Crippen LogP contribution in [0.3, 0.4) is 0 Å². The first-order valence-corrected chi connectivity index (χ1v) is 4.34. The number of rotatable bonds is 1. The van der Waals surface area contributed by atoms with Gasteiger partial charge in [0.25, 0.3) is 0 Å². The van der Waals surface area contributed by atoms with Gasteiger partial charge in [-0.3, -0.25) is 0 Å². The van der Waals surface area contributed by atoms with E-state index in [2.05, 4.69) is 17.5 Å². The van der Waals surface area contributed by atoms with E-state index in [9.17, 15) is 0 Å². The van der Waals surface area contributed by atoms with Gasteiger partial charge in [0.2, 0.25) is 0 Å². The summed E-state index contributed by atoms with van der Waals surface area (Å²) in [5.74, 6) is 2.62. The summed E-state index contributed by atoms with van der Waals surface area (Å²) in [5.41, 5.74) is 5.08. The molecule has 1 N–H and O–H groups in total. The Morgan fingerprint density at radius 3 is 3.15 bits per heavy atom. The van der Waals surface area contributed by atoms with Gasteiger partial charge in [0.1, 0.15) is 0 Å². The normalized spacial score (nSPS) is 21.3. The van der Waals surface area contributed by atoms with Crippen molar-refractivity contribution in [3.8, 4) is 12.3 Å². The Hall–Kier alpha value is -1.30. The fourth-order valence-electron chi connectivity index (χ4n) is 1.48. The van der Waals surface area contributed by atoms with E-state index in [0.29, 0.717) is 6.04 Å². The third-order valence-electron chi connectivity index (χ3n) is 2.19. The first-order chi connectivity index (χ1) is 6.40. The highest BCUT2D eigenvalue weighted by Gasteiger charge is 2.16. The van der Waals surface area contributed by atoms with Crippen molar-refractivity contribution in [2.24, 2.45) is 0 Å². The summed E-state index contributed by atoms with van der Waals surface area (Å²) in [4.78, 5) is 5.08. The summed E-state index contributed by atoms with van der Waals surface area (Å²) in [7, 11) is 0. The summed E-state index contributed by atoms with van der Waals surface area (Å²) < 4.78 is 0. The fraction of sp³-hybridized carbons (Fsp3) is 0.273. The minimum atomic E-state index is 0.299. The standard InChI is InChI=1S/C11H11NO/c1-2-9-4-3-5-10(8-9)11-6-7-13-12-11/h1,3-5,8,11-12H,6-7H2. The molecular formula is C11H11NO. The highest BCUT2D eigenvalue weighted by molar-refractivity contribution is 5.36. The van der Waals surface area contributed by atoms with Crippen LogP contribution in [0.4, 0.5) is 0 Å². The molecule has 1 aliphatic rings. The monoisotopic (exact) mass is 173 g/mol. The van der Waals surface area contributed by atoms with E-state index in [0.717, 1.165) is 18.6 Å². The molecule has 13 heavy (non-hydrogen) atoms. The molecule has 1 aromatic carbocycles. The zero-order valence-corrected chi connectivity index (χ0v) is 7.29. The Labute approximate surface area is 77.9 Å². The van der Waals surface area contributed by atoms with Crippen molar-refractivity contribution in [2.45, 2.75) is 12.5 Å². The van der Waals surface area contributed by atoms with Gasteiger partial charge in [-0.05, 0) is 24.1 Å². The van der Waals surface area contributed by atoms with Crippen LogP contribution >= 0.6 is 0 Å². The van der Waals surface area contributed by atoms with Crippen LogP contribution in [0.5, 0.6) is 0 Å². The summed E-state index contributed by atoms with van der Waals surface area (Å²) in [6.45, 7) is 0.769. The summed E-state index contributed by atoms with van der Waals surface area (Å²) in [6.07, 6.45) is 6.32. The number of terminal acetylenes is 1. The average molecular weight is 173 g/mol. The van der Waals surface area contributed by atoms with Gasteiger partial charge in [0.15, 0.2) is 0 Å². The maximum absolute atomic E-state index is 5.32. The van der Waals surface area contributed by atoms with Gasteiger partial charge in [0, 0.05) is 5.56 Å². The maximum atomic E-state index is 5.32. The van der Waals surface area contributed by atoms with Crippen LogP contribution in [0.2, 0.25) is 0 Å². The number of hydrogen-bond acceptors (Lipinski definition) is 2. The third-order valence-corrected chi connectivity index (χ3v) is 2.19. The summed E-state index contributed by atoms with van der Waals surface area (Å²) >= 11 is 0. The second-order valence-corrected chi connectivity index (χ2v) is 3.08. The van der Waals surface area contributed by atoms with Gasteiger partial charge in [-0.15, -0.1) is 6.42 Å². The lowest BCUT2D eigenvalue weighted by Crippen LogP contribution is -2.11. The van der Waals surface area contributed by atoms with Gasteiger partial charge in [0.05, 0.1) is 12.6 Å². The van der Waals surface area contributed by atoms with Crippen molar-refractivity contribution >= 4 is 0 Å². The molecule has 0 aliphatic carbocycles. The first kappa shape index (κ1) is 8.31. The lowest BCUT2D eigenvalue weighted by atomic mass is 10.0. The lowest BCUT2D eigenvalue weighted by Gasteiger charge is -2.08. The van der Waals surface area contributed by atoms with Crippen molar-refractivity contribution in [3.05, 3.63) is 35.4 Å². The highest BCUT2D eigenvalue weighted by atomic mass is 16.7. The minimum Gasteiger partial charge on any atom is -0.301 e. The Morgan fingerprint density at radius 1 is 1.54 bits per heavy atom. The van der Waals surface area contributed by atoms with Gasteiger partial charge in [-0.25, -0.2) is 0 Å². The molecule has 0 bridgehead atoms. The van der Waals surface area contributed by atoms with Crippen molar-refractivity contribution in [3.63, 3.8) is 0 Å². The molecule has 0 radical (unpaired) electrons. The van der Waals surface area contributed by atoms with E-state index in [4.69, 9.17) is 11.3 Å². The molecule has 1 fully saturated rings. The average Bonchev–Trinajstić information content (AvgIpc) is 2.71. The van der Waals surface area contributed by atoms with E-state index in [1.165, 1.54) is 5.56 Å². The molecule has 2 nitrogen and oxygen atoms in total. The molecule has 1 aliphatic heterocycles. The SMILES string of the molecule is C#Cc1cccc(C2CCON2)c1. The van der Waals surface area contributed by atoms with Gasteiger partial charge < -0.3 is 4.84 Å². The maximum Gasteiger partial charge on any atom is 0.0701 e. The van der Waals surface area contributed by atoms with E-state index in [-0.39, 0.29) is 0 Å². The quantitative estimate of drug-likeness (QED) is 0.652. The lowest BCUT2D eigenvalue weighted by molar-refractivity contribution is 0.0883. The van der Waals surface area contributed by atoms with Crippen molar-refractivity contribution in [2.75, 3.05) is 6.61 Å². The Morgan fingerprint density at radius 2 is 2.46 bits per heavy atom. The smallest absolute Gasteiger partial charge is 0.0701 e. The predicted octanol–water partition coefficient (Wildman–Crippen LogP) is 1.63. The molecule has 0 amide bonds. The molecule has 1 aromatic rings. The van der Waals surface area contributed by atoms with Crippen LogP contribution in [0.15, 0.2) is 24.3 Å². The molecule has 1 atom stereocenters. The third kappa shape index (κ3) is 1.72. The zero-order valence-electron chi connectivity index (χ0n) is 7.29. The van der Waals surface area contributed by atoms with Crippen LogP contribution in [0.25, 0.3) is 0 Å². The second kappa shape index (κ2) is 3.61. The summed E-state index contributed by atoms with van der Waals surface area (Å²) in [5, 5.41) is 0.